The standard InChI is InChI=1S/2C47H87N3O4S4/c2*1-5-9-13-19-28-46(44(51)52,32-39-57-55-37-11-7-3)30-21-15-17-23-34-50(36-27-42-25-26-43(48)49-41-42)35-24-18-16-22-31-47(45(53)54,29-20-14-10-6-2)33-40-58-56-38-12-8-4/h2*25-26,41H,5-24,27-40H2,1-4H3,(H2,48,49)(H,51,52)(H,53,54). The number of nitrogens with two attached hydrogens (primary N) is 2. The summed E-state index contributed by atoms with van der Waals surface area (Å²) in [5.41, 5.74) is 11.8. The Labute approximate surface area is 743 Å². The largest absolute Gasteiger partial charge is 0.481 e. The van der Waals surface area contributed by atoms with E-state index in [2.05, 4.69) is 87.3 Å². The zero-order chi connectivity index (χ0) is 85.2. The molecular formula is C94H174N6O8S8. The third-order valence-electron chi connectivity index (χ3n) is 23.8. The van der Waals surface area contributed by atoms with Crippen molar-refractivity contribution in [2.75, 3.05) is 96.8 Å². The van der Waals surface area contributed by atoms with Gasteiger partial charge in [-0.25, -0.2) is 9.97 Å². The van der Waals surface area contributed by atoms with Crippen molar-refractivity contribution in [1.29, 1.82) is 0 Å². The van der Waals surface area contributed by atoms with E-state index in [0.29, 0.717) is 11.6 Å². The lowest BCUT2D eigenvalue weighted by Crippen LogP contribution is -2.32. The summed E-state index contributed by atoms with van der Waals surface area (Å²) in [6.07, 6.45) is 60.1. The summed E-state index contributed by atoms with van der Waals surface area (Å²) in [5, 5.41) is 42.1. The van der Waals surface area contributed by atoms with Crippen LogP contribution in [0.25, 0.3) is 0 Å². The zero-order valence-electron chi connectivity index (χ0n) is 75.2. The number of hydrogen-bond acceptors (Lipinski definition) is 18. The van der Waals surface area contributed by atoms with Gasteiger partial charge in [0.15, 0.2) is 0 Å². The molecule has 0 aliphatic rings. The number of carboxylic acids is 4. The van der Waals surface area contributed by atoms with Crippen LogP contribution < -0.4 is 11.5 Å². The molecule has 14 nitrogen and oxygen atoms in total. The Morgan fingerprint density at radius 1 is 0.267 bits per heavy atom. The first-order valence-corrected chi connectivity index (χ1v) is 57.1. The number of nitrogen functional groups attached to an aromatic ring is 2. The molecular weight excluding hydrogens is 1600 g/mol. The predicted octanol–water partition coefficient (Wildman–Crippen LogP) is 29.3. The van der Waals surface area contributed by atoms with Crippen LogP contribution >= 0.6 is 86.4 Å². The van der Waals surface area contributed by atoms with Crippen molar-refractivity contribution >= 4 is 122 Å². The molecule has 0 aliphatic carbocycles. The lowest BCUT2D eigenvalue weighted by atomic mass is 9.75. The molecule has 0 saturated heterocycles. The van der Waals surface area contributed by atoms with Crippen molar-refractivity contribution < 1.29 is 39.6 Å². The summed E-state index contributed by atoms with van der Waals surface area (Å²) >= 11 is 0. The van der Waals surface area contributed by atoms with Crippen LogP contribution in [0.2, 0.25) is 0 Å². The van der Waals surface area contributed by atoms with Gasteiger partial charge in [0.25, 0.3) is 0 Å². The highest BCUT2D eigenvalue weighted by Crippen LogP contribution is 2.44. The molecule has 2 rings (SSSR count). The quantitative estimate of drug-likeness (QED) is 0.0267. The molecule has 0 fully saturated rings. The second kappa shape index (κ2) is 77.1. The highest BCUT2D eigenvalue weighted by molar-refractivity contribution is 8.77. The normalized spacial score (nSPS) is 13.8. The molecule has 0 aliphatic heterocycles. The number of hydrogen-bond donors (Lipinski definition) is 6. The van der Waals surface area contributed by atoms with Gasteiger partial charge in [-0.05, 0) is 191 Å². The summed E-state index contributed by atoms with van der Waals surface area (Å²) in [6, 6.07) is 7.93. The van der Waals surface area contributed by atoms with E-state index >= 15 is 0 Å². The molecule has 2 aromatic rings. The fourth-order valence-corrected chi connectivity index (χ4v) is 25.3. The number of anilines is 2. The van der Waals surface area contributed by atoms with Crippen LogP contribution in [0, 0.1) is 21.7 Å². The molecule has 2 aromatic heterocycles. The molecule has 22 heteroatoms. The van der Waals surface area contributed by atoms with E-state index in [4.69, 9.17) is 11.5 Å². The monoisotopic (exact) mass is 1770 g/mol. The van der Waals surface area contributed by atoms with Gasteiger partial charge in [0, 0.05) is 71.5 Å². The first-order chi connectivity index (χ1) is 56.4. The van der Waals surface area contributed by atoms with Crippen LogP contribution in [0.1, 0.15) is 400 Å². The Kier molecular flexibility index (Phi) is 74.8. The summed E-state index contributed by atoms with van der Waals surface area (Å²) in [5.74, 6) is 7.06. The summed E-state index contributed by atoms with van der Waals surface area (Å²) in [6.45, 7) is 23.9. The zero-order valence-corrected chi connectivity index (χ0v) is 81.7. The maximum atomic E-state index is 12.8. The highest BCUT2D eigenvalue weighted by Gasteiger charge is 2.40. The fraction of sp³-hybridized carbons (Fsp3) is 0.851. The second-order valence-electron chi connectivity index (χ2n) is 33.6. The number of unbranched alkanes of at least 4 members (excludes halogenated alkanes) is 28. The molecule has 676 valence electrons. The number of carboxylic acid groups (broad SMARTS) is 4. The average Bonchev–Trinajstić information content (AvgIpc) is 0.864. The second-order valence-corrected chi connectivity index (χ2v) is 44.4. The van der Waals surface area contributed by atoms with Gasteiger partial charge in [-0.1, -0.05) is 359 Å². The van der Waals surface area contributed by atoms with E-state index < -0.39 is 45.5 Å². The van der Waals surface area contributed by atoms with E-state index in [1.807, 2.05) is 111 Å². The minimum absolute atomic E-state index is 0.551. The van der Waals surface area contributed by atoms with Gasteiger partial charge in [-0.2, -0.15) is 0 Å². The molecule has 0 amide bonds. The summed E-state index contributed by atoms with van der Waals surface area (Å²) < 4.78 is 0. The Morgan fingerprint density at radius 2 is 0.466 bits per heavy atom. The highest BCUT2D eigenvalue weighted by atomic mass is 33.1. The van der Waals surface area contributed by atoms with Gasteiger partial charge >= 0.3 is 23.9 Å². The molecule has 0 saturated carbocycles. The van der Waals surface area contributed by atoms with Crippen molar-refractivity contribution in [3.8, 4) is 0 Å². The smallest absolute Gasteiger partial charge is 0.309 e. The summed E-state index contributed by atoms with van der Waals surface area (Å²) in [4.78, 5) is 65.0. The molecule has 0 bridgehead atoms. The van der Waals surface area contributed by atoms with Gasteiger partial charge in [0.1, 0.15) is 11.6 Å². The number of nitrogens with zero attached hydrogens (tertiary/aromatic N) is 4. The number of aliphatic carboxylic acids is 4. The predicted molar refractivity (Wildman–Crippen MR) is 523 cm³/mol. The van der Waals surface area contributed by atoms with Gasteiger partial charge in [0.05, 0.1) is 21.7 Å². The molecule has 4 unspecified atom stereocenters. The first-order valence-electron chi connectivity index (χ1n) is 47.1. The lowest BCUT2D eigenvalue weighted by molar-refractivity contribution is -0.151. The minimum Gasteiger partial charge on any atom is -0.481 e. The third-order valence-corrected chi connectivity index (χ3v) is 33.8. The van der Waals surface area contributed by atoms with E-state index in [9.17, 15) is 39.6 Å². The van der Waals surface area contributed by atoms with Crippen molar-refractivity contribution in [1.82, 2.24) is 19.8 Å². The van der Waals surface area contributed by atoms with Crippen LogP contribution in [0.5, 0.6) is 0 Å². The number of carbonyl (C=O) groups is 4. The van der Waals surface area contributed by atoms with E-state index in [1.165, 1.54) is 114 Å². The van der Waals surface area contributed by atoms with Gasteiger partial charge in [-0.15, -0.1) is 0 Å². The van der Waals surface area contributed by atoms with E-state index in [-0.39, 0.29) is 0 Å². The van der Waals surface area contributed by atoms with Crippen LogP contribution in [0.15, 0.2) is 36.7 Å². The third kappa shape index (κ3) is 57.1. The van der Waals surface area contributed by atoms with Crippen LogP contribution in [-0.2, 0) is 32.0 Å². The Morgan fingerprint density at radius 3 is 0.655 bits per heavy atom. The van der Waals surface area contributed by atoms with Gasteiger partial charge in [-0.3, -0.25) is 19.2 Å². The maximum absolute atomic E-state index is 12.8. The van der Waals surface area contributed by atoms with Crippen LogP contribution in [0.3, 0.4) is 0 Å². The van der Waals surface area contributed by atoms with Crippen molar-refractivity contribution in [3.05, 3.63) is 47.8 Å². The summed E-state index contributed by atoms with van der Waals surface area (Å²) in [7, 11) is 15.1. The molecule has 0 radical (unpaired) electrons. The van der Waals surface area contributed by atoms with Crippen molar-refractivity contribution in [2.45, 2.75) is 402 Å². The molecule has 116 heavy (non-hydrogen) atoms. The molecule has 8 N–H and O–H groups in total. The molecule has 0 spiro atoms. The van der Waals surface area contributed by atoms with Crippen molar-refractivity contribution in [2.24, 2.45) is 21.7 Å². The van der Waals surface area contributed by atoms with E-state index in [0.717, 1.165) is 329 Å². The lowest BCUT2D eigenvalue weighted by Gasteiger charge is -2.30. The SMILES string of the molecule is CCCCCCC(CCCCCCN(CCCCCCC(CCCCCC)(CCSSCCCC)C(=O)O)CCc1ccc(N)nc1)(CCSSCCCC)C(=O)O.CCCCCCC(CCCCCCN(CCCCCCC(CCCCCC)(CCSSCCCC)C(=O)O)CCc1ccc(N)nc1)(CCSSCCCC)C(=O)O. The number of rotatable bonds is 86. The van der Waals surface area contributed by atoms with Crippen molar-refractivity contribution in [3.63, 3.8) is 0 Å². The number of pyridine rings is 2. The van der Waals surface area contributed by atoms with E-state index in [1.54, 1.807) is 0 Å². The number of aromatic nitrogens is 2. The minimum atomic E-state index is -0.587. The average molecular weight is 1770 g/mol. The topological polar surface area (TPSA) is 233 Å². The molecule has 0 aromatic carbocycles. The van der Waals surface area contributed by atoms with Gasteiger partial charge < -0.3 is 41.7 Å². The van der Waals surface area contributed by atoms with Gasteiger partial charge in [0.2, 0.25) is 0 Å². The Bertz CT molecular complexity index is 2320. The first kappa shape index (κ1) is 113. The Balaban J connectivity index is 0.00000116. The molecule has 2 heterocycles. The molecule has 4 atom stereocenters. The van der Waals surface area contributed by atoms with Crippen LogP contribution in [-0.4, -0.2) is 149 Å². The van der Waals surface area contributed by atoms with Crippen LogP contribution in [0.4, 0.5) is 11.6 Å². The fourth-order valence-electron chi connectivity index (χ4n) is 15.6. The Hall–Kier alpha value is -1.50. The maximum Gasteiger partial charge on any atom is 0.309 e.